The van der Waals surface area contributed by atoms with Crippen molar-refractivity contribution in [1.82, 2.24) is 4.90 Å². The number of benzene rings is 3. The number of nitrogens with one attached hydrogen (secondary N) is 1. The topological polar surface area (TPSA) is 67.9 Å². The van der Waals surface area contributed by atoms with Gasteiger partial charge in [-0.15, -0.1) is 0 Å². The molecule has 0 bridgehead atoms. The van der Waals surface area contributed by atoms with Gasteiger partial charge >= 0.3 is 0 Å². The lowest BCUT2D eigenvalue weighted by Gasteiger charge is -2.32. The molecule has 1 heterocycles. The SMILES string of the molecule is COc1ccc(C2CCN(C(=O)c3ccc(C)c(NC(=O)c4ccc(OF)cc4)c3)CC2)cc1. The van der Waals surface area contributed by atoms with Crippen molar-refractivity contribution >= 4 is 17.5 Å². The summed E-state index contributed by atoms with van der Waals surface area (Å²) in [7, 11) is 1.65. The number of hydrogen-bond donors (Lipinski definition) is 1. The zero-order valence-corrected chi connectivity index (χ0v) is 19.2. The fourth-order valence-electron chi connectivity index (χ4n) is 4.22. The van der Waals surface area contributed by atoms with E-state index in [4.69, 9.17) is 4.74 Å². The highest BCUT2D eigenvalue weighted by Crippen LogP contribution is 2.30. The van der Waals surface area contributed by atoms with Crippen molar-refractivity contribution in [3.8, 4) is 11.5 Å². The summed E-state index contributed by atoms with van der Waals surface area (Å²) in [5.74, 6) is 0.879. The fraction of sp³-hybridized carbons (Fsp3) is 0.259. The second kappa shape index (κ2) is 10.4. The number of aryl methyl sites for hydroxylation is 1. The average Bonchev–Trinajstić information content (AvgIpc) is 2.89. The first-order chi connectivity index (χ1) is 16.5. The van der Waals surface area contributed by atoms with Crippen molar-refractivity contribution < 1.29 is 23.8 Å². The highest BCUT2D eigenvalue weighted by Gasteiger charge is 2.25. The number of carbonyl (C=O) groups excluding carboxylic acids is 2. The lowest BCUT2D eigenvalue weighted by atomic mass is 9.89. The molecule has 1 N–H and O–H groups in total. The van der Waals surface area contributed by atoms with E-state index in [0.29, 0.717) is 35.8 Å². The predicted molar refractivity (Wildman–Crippen MR) is 128 cm³/mol. The molecule has 0 atom stereocenters. The molecular formula is C27H27FN2O4. The van der Waals surface area contributed by atoms with Crippen LogP contribution >= 0.6 is 0 Å². The Morgan fingerprint density at radius 3 is 2.15 bits per heavy atom. The summed E-state index contributed by atoms with van der Waals surface area (Å²) in [5.41, 5.74) is 3.56. The van der Waals surface area contributed by atoms with Crippen molar-refractivity contribution in [2.24, 2.45) is 0 Å². The molecule has 0 aliphatic carbocycles. The molecular weight excluding hydrogens is 435 g/mol. The molecule has 3 aromatic carbocycles. The first-order valence-electron chi connectivity index (χ1n) is 11.2. The van der Waals surface area contributed by atoms with Gasteiger partial charge in [0.05, 0.1) is 7.11 Å². The first-order valence-corrected chi connectivity index (χ1v) is 11.2. The molecule has 4 rings (SSSR count). The van der Waals surface area contributed by atoms with Crippen LogP contribution in [0.15, 0.2) is 66.7 Å². The van der Waals surface area contributed by atoms with Gasteiger partial charge < -0.3 is 15.0 Å². The average molecular weight is 463 g/mol. The summed E-state index contributed by atoms with van der Waals surface area (Å²) >= 11 is 0. The number of carbonyl (C=O) groups is 2. The summed E-state index contributed by atoms with van der Waals surface area (Å²) < 4.78 is 17.5. The number of ether oxygens (including phenoxy) is 1. The number of likely N-dealkylation sites (tertiary alicyclic amines) is 1. The largest absolute Gasteiger partial charge is 0.497 e. The standard InChI is InChI=1S/C27H27FN2O4/c1-18-3-4-22(17-25(18)29-26(31)21-7-11-24(34-28)12-8-21)27(32)30-15-13-20(14-16-30)19-5-9-23(33-2)10-6-19/h3-12,17,20H,13-16H2,1-2H3,(H,29,31). The van der Waals surface area contributed by atoms with Crippen LogP contribution < -0.4 is 15.0 Å². The number of piperidine rings is 1. The van der Waals surface area contributed by atoms with Crippen molar-refractivity contribution in [3.63, 3.8) is 0 Å². The predicted octanol–water partition coefficient (Wildman–Crippen LogP) is 5.54. The van der Waals surface area contributed by atoms with E-state index in [1.54, 1.807) is 19.2 Å². The zero-order valence-electron chi connectivity index (χ0n) is 19.2. The molecule has 2 amide bonds. The third-order valence-electron chi connectivity index (χ3n) is 6.31. The Kier molecular flexibility index (Phi) is 7.11. The molecule has 0 unspecified atom stereocenters. The maximum Gasteiger partial charge on any atom is 0.255 e. The van der Waals surface area contributed by atoms with E-state index in [0.717, 1.165) is 24.2 Å². The number of halogens is 1. The first kappa shape index (κ1) is 23.3. The molecule has 3 aromatic rings. The number of amides is 2. The maximum atomic E-state index is 13.2. The van der Waals surface area contributed by atoms with E-state index in [1.165, 1.54) is 29.8 Å². The summed E-state index contributed by atoms with van der Waals surface area (Å²) in [6.07, 6.45) is 1.79. The van der Waals surface area contributed by atoms with Crippen LogP contribution in [-0.4, -0.2) is 36.9 Å². The Morgan fingerprint density at radius 1 is 0.912 bits per heavy atom. The van der Waals surface area contributed by atoms with Crippen molar-refractivity contribution in [2.75, 3.05) is 25.5 Å². The van der Waals surface area contributed by atoms with Gasteiger partial charge in [0, 0.05) is 34.4 Å². The van der Waals surface area contributed by atoms with Gasteiger partial charge in [0.2, 0.25) is 0 Å². The van der Waals surface area contributed by atoms with Gasteiger partial charge in [-0.3, -0.25) is 14.5 Å². The number of anilines is 1. The summed E-state index contributed by atoms with van der Waals surface area (Å²) in [4.78, 5) is 31.3. The van der Waals surface area contributed by atoms with E-state index in [1.807, 2.05) is 30.0 Å². The summed E-state index contributed by atoms with van der Waals surface area (Å²) in [6, 6.07) is 19.1. The number of methoxy groups -OCH3 is 1. The Hall–Kier alpha value is -3.87. The Labute approximate surface area is 198 Å². The molecule has 6 nitrogen and oxygen atoms in total. The molecule has 0 aromatic heterocycles. The van der Waals surface area contributed by atoms with Crippen molar-refractivity contribution in [2.45, 2.75) is 25.7 Å². The van der Waals surface area contributed by atoms with Gasteiger partial charge in [-0.25, -0.2) is 0 Å². The number of hydrogen-bond acceptors (Lipinski definition) is 4. The number of nitrogens with zero attached hydrogens (tertiary/aromatic N) is 1. The lowest BCUT2D eigenvalue weighted by molar-refractivity contribution is -0.00621. The van der Waals surface area contributed by atoms with Crippen molar-refractivity contribution in [1.29, 1.82) is 0 Å². The van der Waals surface area contributed by atoms with Gasteiger partial charge in [-0.05, 0) is 85.3 Å². The van der Waals surface area contributed by atoms with Crippen molar-refractivity contribution in [3.05, 3.63) is 89.0 Å². The molecule has 0 radical (unpaired) electrons. The van der Waals surface area contributed by atoms with E-state index in [-0.39, 0.29) is 17.6 Å². The normalized spacial score (nSPS) is 13.9. The van der Waals surface area contributed by atoms with Gasteiger partial charge in [0.1, 0.15) is 5.75 Å². The van der Waals surface area contributed by atoms with E-state index < -0.39 is 0 Å². The highest BCUT2D eigenvalue weighted by atomic mass is 19.3. The molecule has 1 aliphatic rings. The molecule has 1 saturated heterocycles. The third-order valence-corrected chi connectivity index (χ3v) is 6.31. The van der Waals surface area contributed by atoms with Crippen LogP contribution in [0.5, 0.6) is 11.5 Å². The molecule has 7 heteroatoms. The minimum Gasteiger partial charge on any atom is -0.497 e. The number of rotatable bonds is 6. The smallest absolute Gasteiger partial charge is 0.255 e. The highest BCUT2D eigenvalue weighted by molar-refractivity contribution is 6.05. The molecule has 176 valence electrons. The molecule has 0 saturated carbocycles. The van der Waals surface area contributed by atoms with Gasteiger partial charge in [-0.2, -0.15) is 0 Å². The molecule has 1 fully saturated rings. The Bertz CT molecular complexity index is 1150. The minimum atomic E-state index is -0.349. The van der Waals surface area contributed by atoms with Gasteiger partial charge in [0.25, 0.3) is 11.8 Å². The van der Waals surface area contributed by atoms with Crippen LogP contribution in [0.3, 0.4) is 0 Å². The van der Waals surface area contributed by atoms with Crippen LogP contribution in [0.1, 0.15) is 50.6 Å². The summed E-state index contributed by atoms with van der Waals surface area (Å²) in [6.45, 7) is 3.21. The van der Waals surface area contributed by atoms with Crippen LogP contribution in [0.2, 0.25) is 0 Å². The monoisotopic (exact) mass is 462 g/mol. The fourth-order valence-corrected chi connectivity index (χ4v) is 4.22. The second-order valence-electron chi connectivity index (χ2n) is 8.42. The third kappa shape index (κ3) is 5.20. The zero-order chi connectivity index (χ0) is 24.1. The second-order valence-corrected chi connectivity index (χ2v) is 8.42. The van der Waals surface area contributed by atoms with E-state index in [2.05, 4.69) is 22.4 Å². The summed E-state index contributed by atoms with van der Waals surface area (Å²) in [5, 5.41) is 2.85. The maximum absolute atomic E-state index is 13.2. The minimum absolute atomic E-state index is 0.0242. The van der Waals surface area contributed by atoms with E-state index in [9.17, 15) is 14.1 Å². The van der Waals surface area contributed by atoms with Crippen LogP contribution in [0.25, 0.3) is 0 Å². The van der Waals surface area contributed by atoms with Gasteiger partial charge in [-0.1, -0.05) is 18.2 Å². The van der Waals surface area contributed by atoms with Gasteiger partial charge in [0.15, 0.2) is 5.75 Å². The van der Waals surface area contributed by atoms with Crippen LogP contribution in [-0.2, 0) is 0 Å². The van der Waals surface area contributed by atoms with E-state index >= 15 is 0 Å². The Morgan fingerprint density at radius 2 is 1.53 bits per heavy atom. The van der Waals surface area contributed by atoms with Crippen LogP contribution in [0.4, 0.5) is 10.2 Å². The Balaban J connectivity index is 1.40. The van der Waals surface area contributed by atoms with Crippen LogP contribution in [0, 0.1) is 6.92 Å². The lowest BCUT2D eigenvalue weighted by Crippen LogP contribution is -2.38. The molecule has 1 aliphatic heterocycles. The quantitative estimate of drug-likeness (QED) is 0.522. The molecule has 34 heavy (non-hydrogen) atoms. The molecule has 0 spiro atoms.